The van der Waals surface area contributed by atoms with E-state index in [2.05, 4.69) is 19.2 Å². The van der Waals surface area contributed by atoms with Gasteiger partial charge in [-0.25, -0.2) is 0 Å². The molecule has 0 aromatic rings. The molecule has 2 N–H and O–H groups in total. The van der Waals surface area contributed by atoms with Crippen molar-refractivity contribution in [3.8, 4) is 0 Å². The van der Waals surface area contributed by atoms with Gasteiger partial charge in [-0.1, -0.05) is 13.8 Å². The third-order valence-corrected chi connectivity index (χ3v) is 3.39. The van der Waals surface area contributed by atoms with E-state index in [1.54, 1.807) is 0 Å². The lowest BCUT2D eigenvalue weighted by Crippen LogP contribution is -2.35. The van der Waals surface area contributed by atoms with Crippen LogP contribution in [0.25, 0.3) is 0 Å². The Balaban J connectivity index is 3.49. The van der Waals surface area contributed by atoms with Crippen molar-refractivity contribution in [3.05, 3.63) is 0 Å². The third kappa shape index (κ3) is 11.7. The van der Waals surface area contributed by atoms with Crippen molar-refractivity contribution < 1.29 is 14.6 Å². The Hall–Kier alpha value is -0.650. The maximum absolute atomic E-state index is 11.7. The van der Waals surface area contributed by atoms with Gasteiger partial charge in [-0.2, -0.15) is 0 Å². The number of aliphatic hydroxyl groups excluding tert-OH is 1. The maximum Gasteiger partial charge on any atom is 0.223 e. The SMILES string of the molecule is CCN(CC)C(=O)CCNCC(O)COCCCC(C)C. The zero-order valence-corrected chi connectivity index (χ0v) is 14.2. The molecule has 0 rings (SSSR count). The first-order chi connectivity index (χ1) is 10.0. The molecule has 1 amide bonds. The van der Waals surface area contributed by atoms with Gasteiger partial charge in [0.1, 0.15) is 0 Å². The summed E-state index contributed by atoms with van der Waals surface area (Å²) in [6, 6.07) is 0. The van der Waals surface area contributed by atoms with E-state index in [1.807, 2.05) is 18.7 Å². The second kappa shape index (κ2) is 13.0. The number of nitrogens with one attached hydrogen (secondary N) is 1. The van der Waals surface area contributed by atoms with Crippen LogP contribution < -0.4 is 5.32 Å². The van der Waals surface area contributed by atoms with Crippen LogP contribution >= 0.6 is 0 Å². The molecular weight excluding hydrogens is 268 g/mol. The van der Waals surface area contributed by atoms with E-state index >= 15 is 0 Å². The van der Waals surface area contributed by atoms with E-state index in [1.165, 1.54) is 0 Å². The molecule has 0 aliphatic rings. The van der Waals surface area contributed by atoms with E-state index in [0.717, 1.165) is 25.9 Å². The summed E-state index contributed by atoms with van der Waals surface area (Å²) in [6.07, 6.45) is 2.16. The van der Waals surface area contributed by atoms with Crippen LogP contribution in [0, 0.1) is 5.92 Å². The van der Waals surface area contributed by atoms with Gasteiger partial charge in [-0.05, 0) is 32.6 Å². The highest BCUT2D eigenvalue weighted by molar-refractivity contribution is 5.76. The minimum atomic E-state index is -0.507. The van der Waals surface area contributed by atoms with Gasteiger partial charge in [0.05, 0.1) is 12.7 Å². The zero-order chi connectivity index (χ0) is 16.1. The molecule has 126 valence electrons. The summed E-state index contributed by atoms with van der Waals surface area (Å²) in [5.41, 5.74) is 0. The fourth-order valence-electron chi connectivity index (χ4n) is 2.07. The lowest BCUT2D eigenvalue weighted by molar-refractivity contribution is -0.130. The topological polar surface area (TPSA) is 61.8 Å². The number of hydrogen-bond donors (Lipinski definition) is 2. The van der Waals surface area contributed by atoms with Crippen molar-refractivity contribution in [2.24, 2.45) is 5.92 Å². The molecule has 0 heterocycles. The van der Waals surface area contributed by atoms with Gasteiger partial charge in [0.25, 0.3) is 0 Å². The summed E-state index contributed by atoms with van der Waals surface area (Å²) in [5, 5.41) is 12.8. The Kier molecular flexibility index (Phi) is 12.6. The Labute approximate surface area is 130 Å². The van der Waals surface area contributed by atoms with Crippen LogP contribution in [0.3, 0.4) is 0 Å². The van der Waals surface area contributed by atoms with Crippen LogP contribution in [0.5, 0.6) is 0 Å². The summed E-state index contributed by atoms with van der Waals surface area (Å²) in [5.74, 6) is 0.857. The molecule has 0 saturated carbocycles. The molecular formula is C16H34N2O3. The Morgan fingerprint density at radius 3 is 2.52 bits per heavy atom. The fourth-order valence-corrected chi connectivity index (χ4v) is 2.07. The lowest BCUT2D eigenvalue weighted by Gasteiger charge is -2.19. The highest BCUT2D eigenvalue weighted by Crippen LogP contribution is 2.03. The molecule has 0 aromatic heterocycles. The fraction of sp³-hybridized carbons (Fsp3) is 0.938. The number of carbonyl (C=O) groups is 1. The lowest BCUT2D eigenvalue weighted by atomic mass is 10.1. The van der Waals surface area contributed by atoms with E-state index in [9.17, 15) is 9.90 Å². The number of rotatable bonds is 13. The normalized spacial score (nSPS) is 12.7. The van der Waals surface area contributed by atoms with Crippen molar-refractivity contribution in [2.45, 2.75) is 53.1 Å². The van der Waals surface area contributed by atoms with Gasteiger partial charge in [-0.3, -0.25) is 4.79 Å². The average molecular weight is 302 g/mol. The van der Waals surface area contributed by atoms with E-state index < -0.39 is 6.10 Å². The first-order valence-electron chi connectivity index (χ1n) is 8.25. The molecule has 1 unspecified atom stereocenters. The largest absolute Gasteiger partial charge is 0.389 e. The number of ether oxygens (including phenoxy) is 1. The van der Waals surface area contributed by atoms with Crippen molar-refractivity contribution in [1.29, 1.82) is 0 Å². The molecule has 0 aliphatic carbocycles. The van der Waals surface area contributed by atoms with Crippen LogP contribution in [-0.2, 0) is 9.53 Å². The summed E-state index contributed by atoms with van der Waals surface area (Å²) < 4.78 is 5.43. The van der Waals surface area contributed by atoms with Gasteiger partial charge in [0, 0.05) is 39.2 Å². The molecule has 0 aromatic carbocycles. The molecule has 0 aliphatic heterocycles. The van der Waals surface area contributed by atoms with Crippen molar-refractivity contribution in [2.75, 3.05) is 39.4 Å². The smallest absolute Gasteiger partial charge is 0.223 e. The Morgan fingerprint density at radius 2 is 1.95 bits per heavy atom. The van der Waals surface area contributed by atoms with Crippen LogP contribution in [0.15, 0.2) is 0 Å². The zero-order valence-electron chi connectivity index (χ0n) is 14.2. The minimum absolute atomic E-state index is 0.159. The number of carbonyl (C=O) groups excluding carboxylic acids is 1. The molecule has 5 nitrogen and oxygen atoms in total. The van der Waals surface area contributed by atoms with Crippen LogP contribution in [0.4, 0.5) is 0 Å². The van der Waals surface area contributed by atoms with E-state index in [0.29, 0.717) is 38.6 Å². The second-order valence-corrected chi connectivity index (χ2v) is 5.78. The van der Waals surface area contributed by atoms with Crippen molar-refractivity contribution in [3.63, 3.8) is 0 Å². The molecule has 0 fully saturated rings. The highest BCUT2D eigenvalue weighted by Gasteiger charge is 2.09. The number of amides is 1. The van der Waals surface area contributed by atoms with E-state index in [-0.39, 0.29) is 5.91 Å². The predicted molar refractivity (Wildman–Crippen MR) is 86.3 cm³/mol. The number of hydrogen-bond acceptors (Lipinski definition) is 4. The van der Waals surface area contributed by atoms with Crippen molar-refractivity contribution in [1.82, 2.24) is 10.2 Å². The van der Waals surface area contributed by atoms with Gasteiger partial charge < -0.3 is 20.1 Å². The molecule has 21 heavy (non-hydrogen) atoms. The van der Waals surface area contributed by atoms with Gasteiger partial charge in [-0.15, -0.1) is 0 Å². The number of nitrogens with zero attached hydrogens (tertiary/aromatic N) is 1. The summed E-state index contributed by atoms with van der Waals surface area (Å²) in [6.45, 7) is 12.0. The van der Waals surface area contributed by atoms with Gasteiger partial charge >= 0.3 is 0 Å². The number of aliphatic hydroxyl groups is 1. The molecule has 0 spiro atoms. The third-order valence-electron chi connectivity index (χ3n) is 3.39. The molecule has 0 radical (unpaired) electrons. The molecule has 1 atom stereocenters. The summed E-state index contributed by atoms with van der Waals surface area (Å²) in [4.78, 5) is 13.6. The van der Waals surface area contributed by atoms with E-state index in [4.69, 9.17) is 4.74 Å². The standard InChI is InChI=1S/C16H34N2O3/c1-5-18(6-2)16(20)9-10-17-12-15(19)13-21-11-7-8-14(3)4/h14-15,17,19H,5-13H2,1-4H3. The molecule has 5 heteroatoms. The van der Waals surface area contributed by atoms with Gasteiger partial charge in [0.2, 0.25) is 5.91 Å². The summed E-state index contributed by atoms with van der Waals surface area (Å²) in [7, 11) is 0. The quantitative estimate of drug-likeness (QED) is 0.508. The molecule has 0 bridgehead atoms. The Morgan fingerprint density at radius 1 is 1.29 bits per heavy atom. The highest BCUT2D eigenvalue weighted by atomic mass is 16.5. The summed E-state index contributed by atoms with van der Waals surface area (Å²) >= 11 is 0. The first-order valence-corrected chi connectivity index (χ1v) is 8.25. The van der Waals surface area contributed by atoms with Gasteiger partial charge in [0.15, 0.2) is 0 Å². The molecule has 0 saturated heterocycles. The first kappa shape index (κ1) is 20.3. The van der Waals surface area contributed by atoms with Crippen LogP contribution in [0.2, 0.25) is 0 Å². The van der Waals surface area contributed by atoms with Crippen LogP contribution in [0.1, 0.15) is 47.0 Å². The second-order valence-electron chi connectivity index (χ2n) is 5.78. The van der Waals surface area contributed by atoms with Crippen molar-refractivity contribution >= 4 is 5.91 Å². The van der Waals surface area contributed by atoms with Crippen LogP contribution in [-0.4, -0.2) is 61.4 Å². The Bertz CT molecular complexity index is 256. The monoisotopic (exact) mass is 302 g/mol. The predicted octanol–water partition coefficient (Wildman–Crippen LogP) is 1.65. The maximum atomic E-state index is 11.7. The minimum Gasteiger partial charge on any atom is -0.389 e. The average Bonchev–Trinajstić information content (AvgIpc) is 2.44.